The third-order valence-corrected chi connectivity index (χ3v) is 2.94. The molecule has 0 amide bonds. The lowest BCUT2D eigenvalue weighted by molar-refractivity contribution is 0.508. The number of halogens is 2. The summed E-state index contributed by atoms with van der Waals surface area (Å²) in [6.07, 6.45) is 1.05. The maximum atomic E-state index is 13.3. The van der Waals surface area contributed by atoms with Crippen LogP contribution >= 0.6 is 0 Å². The Kier molecular flexibility index (Phi) is 4.02. The molecular formula is C10H10F2N2O2S. The summed E-state index contributed by atoms with van der Waals surface area (Å²) in [5.74, 6) is -2.61. The number of hydrogen-bond acceptors (Lipinski definition) is 4. The van der Waals surface area contributed by atoms with Gasteiger partial charge in [0.2, 0.25) is 0 Å². The number of hydrogen-bond donors (Lipinski definition) is 1. The number of sulfone groups is 1. The molecule has 7 heteroatoms. The number of rotatable bonds is 4. The van der Waals surface area contributed by atoms with Crippen molar-refractivity contribution >= 4 is 15.5 Å². The average molecular weight is 260 g/mol. The number of nitrogens with zero attached hydrogens (tertiary/aromatic N) is 1. The molecule has 1 N–H and O–H groups in total. The summed E-state index contributed by atoms with van der Waals surface area (Å²) in [4.78, 5) is 0. The minimum absolute atomic E-state index is 0.0267. The summed E-state index contributed by atoms with van der Waals surface area (Å²) in [6, 6.07) is 3.82. The fraction of sp³-hybridized carbons (Fsp3) is 0.300. The molecule has 17 heavy (non-hydrogen) atoms. The van der Waals surface area contributed by atoms with E-state index in [4.69, 9.17) is 5.26 Å². The molecule has 1 rings (SSSR count). The van der Waals surface area contributed by atoms with Crippen molar-refractivity contribution in [3.8, 4) is 6.07 Å². The van der Waals surface area contributed by atoms with E-state index in [0.29, 0.717) is 0 Å². The van der Waals surface area contributed by atoms with Gasteiger partial charge in [0, 0.05) is 12.8 Å². The van der Waals surface area contributed by atoms with Crippen LogP contribution in [0.1, 0.15) is 5.56 Å². The Morgan fingerprint density at radius 1 is 1.35 bits per heavy atom. The van der Waals surface area contributed by atoms with Gasteiger partial charge in [-0.2, -0.15) is 5.26 Å². The van der Waals surface area contributed by atoms with Crippen LogP contribution in [0.4, 0.5) is 14.5 Å². The Labute approximate surface area is 97.8 Å². The van der Waals surface area contributed by atoms with Crippen molar-refractivity contribution in [2.45, 2.75) is 0 Å². The van der Waals surface area contributed by atoms with Crippen molar-refractivity contribution in [1.29, 1.82) is 5.26 Å². The van der Waals surface area contributed by atoms with E-state index < -0.39 is 27.0 Å². The Balaban J connectivity index is 2.81. The van der Waals surface area contributed by atoms with Crippen molar-refractivity contribution in [1.82, 2.24) is 0 Å². The van der Waals surface area contributed by atoms with Gasteiger partial charge < -0.3 is 5.32 Å². The molecule has 0 aliphatic rings. The molecule has 0 aromatic heterocycles. The Morgan fingerprint density at radius 3 is 2.53 bits per heavy atom. The highest BCUT2D eigenvalue weighted by molar-refractivity contribution is 7.90. The van der Waals surface area contributed by atoms with Crippen LogP contribution in [0.25, 0.3) is 0 Å². The van der Waals surface area contributed by atoms with Crippen LogP contribution in [0.2, 0.25) is 0 Å². The van der Waals surface area contributed by atoms with Crippen LogP contribution < -0.4 is 5.32 Å². The number of nitriles is 1. The van der Waals surface area contributed by atoms with Gasteiger partial charge in [-0.1, -0.05) is 0 Å². The predicted molar refractivity (Wildman–Crippen MR) is 59.3 cm³/mol. The molecule has 1 aromatic carbocycles. The fourth-order valence-corrected chi connectivity index (χ4v) is 1.62. The Morgan fingerprint density at radius 2 is 2.00 bits per heavy atom. The quantitative estimate of drug-likeness (QED) is 0.885. The fourth-order valence-electron chi connectivity index (χ4n) is 1.14. The van der Waals surface area contributed by atoms with Crippen molar-refractivity contribution in [2.75, 3.05) is 23.9 Å². The molecule has 0 bridgehead atoms. The van der Waals surface area contributed by atoms with Gasteiger partial charge in [0.15, 0.2) is 11.6 Å². The van der Waals surface area contributed by atoms with Crippen LogP contribution in [0, 0.1) is 23.0 Å². The number of benzene rings is 1. The number of nitrogens with one attached hydrogen (secondary N) is 1. The minimum atomic E-state index is -3.16. The zero-order valence-electron chi connectivity index (χ0n) is 9.00. The van der Waals surface area contributed by atoms with E-state index in [1.54, 1.807) is 0 Å². The summed E-state index contributed by atoms with van der Waals surface area (Å²) >= 11 is 0. The molecular weight excluding hydrogens is 250 g/mol. The molecule has 0 radical (unpaired) electrons. The Bertz CT molecular complexity index is 564. The van der Waals surface area contributed by atoms with Crippen molar-refractivity contribution in [3.05, 3.63) is 29.3 Å². The summed E-state index contributed by atoms with van der Waals surface area (Å²) in [5, 5.41) is 10.9. The SMILES string of the molecule is CS(=O)(=O)CCNc1ccc(C#N)c(F)c1F. The second kappa shape index (κ2) is 5.10. The highest BCUT2D eigenvalue weighted by atomic mass is 32.2. The van der Waals surface area contributed by atoms with E-state index in [0.717, 1.165) is 12.3 Å². The third kappa shape index (κ3) is 3.67. The molecule has 0 spiro atoms. The summed E-state index contributed by atoms with van der Waals surface area (Å²) < 4.78 is 48.1. The first-order valence-electron chi connectivity index (χ1n) is 4.65. The zero-order chi connectivity index (χ0) is 13.1. The predicted octanol–water partition coefficient (Wildman–Crippen LogP) is 1.29. The molecule has 0 unspecified atom stereocenters. The van der Waals surface area contributed by atoms with Gasteiger partial charge in [-0.05, 0) is 12.1 Å². The second-order valence-electron chi connectivity index (χ2n) is 3.46. The van der Waals surface area contributed by atoms with E-state index in [2.05, 4.69) is 5.32 Å². The highest BCUT2D eigenvalue weighted by Gasteiger charge is 2.13. The normalized spacial score (nSPS) is 10.9. The molecule has 0 saturated heterocycles. The molecule has 0 aliphatic carbocycles. The summed E-state index contributed by atoms with van der Waals surface area (Å²) in [7, 11) is -3.16. The molecule has 0 aliphatic heterocycles. The van der Waals surface area contributed by atoms with Gasteiger partial charge in [-0.3, -0.25) is 0 Å². The average Bonchev–Trinajstić information content (AvgIpc) is 2.23. The first-order chi connectivity index (χ1) is 7.85. The maximum Gasteiger partial charge on any atom is 0.183 e. The lowest BCUT2D eigenvalue weighted by atomic mass is 10.2. The van der Waals surface area contributed by atoms with Crippen LogP contribution in [0.15, 0.2) is 12.1 Å². The van der Waals surface area contributed by atoms with Crippen LogP contribution in [0.5, 0.6) is 0 Å². The summed E-state index contributed by atoms with van der Waals surface area (Å²) in [6.45, 7) is -0.0267. The van der Waals surface area contributed by atoms with E-state index in [9.17, 15) is 17.2 Å². The van der Waals surface area contributed by atoms with Gasteiger partial charge in [0.25, 0.3) is 0 Å². The van der Waals surface area contributed by atoms with Crippen molar-refractivity contribution < 1.29 is 17.2 Å². The smallest absolute Gasteiger partial charge is 0.183 e. The molecule has 0 atom stereocenters. The van der Waals surface area contributed by atoms with Crippen molar-refractivity contribution in [2.24, 2.45) is 0 Å². The van der Waals surface area contributed by atoms with E-state index in [1.807, 2.05) is 0 Å². The summed E-state index contributed by atoms with van der Waals surface area (Å²) in [5.41, 5.74) is -0.554. The van der Waals surface area contributed by atoms with Gasteiger partial charge in [-0.25, -0.2) is 17.2 Å². The Hall–Kier alpha value is -1.68. The van der Waals surface area contributed by atoms with Gasteiger partial charge in [0.1, 0.15) is 15.9 Å². The minimum Gasteiger partial charge on any atom is -0.382 e. The molecule has 4 nitrogen and oxygen atoms in total. The molecule has 0 heterocycles. The highest BCUT2D eigenvalue weighted by Crippen LogP contribution is 2.19. The standard InChI is InChI=1S/C10H10F2N2O2S/c1-17(15,16)5-4-14-8-3-2-7(6-13)9(11)10(8)12/h2-3,14H,4-5H2,1H3. The van der Waals surface area contributed by atoms with E-state index in [1.165, 1.54) is 12.1 Å². The third-order valence-electron chi connectivity index (χ3n) is 1.99. The molecule has 92 valence electrons. The second-order valence-corrected chi connectivity index (χ2v) is 5.72. The van der Waals surface area contributed by atoms with Crippen LogP contribution in [-0.4, -0.2) is 27.0 Å². The lowest BCUT2D eigenvalue weighted by Gasteiger charge is -2.07. The van der Waals surface area contributed by atoms with E-state index >= 15 is 0 Å². The van der Waals surface area contributed by atoms with Gasteiger partial charge in [-0.15, -0.1) is 0 Å². The van der Waals surface area contributed by atoms with Gasteiger partial charge >= 0.3 is 0 Å². The lowest BCUT2D eigenvalue weighted by Crippen LogP contribution is -2.15. The monoisotopic (exact) mass is 260 g/mol. The molecule has 0 fully saturated rings. The van der Waals surface area contributed by atoms with Crippen LogP contribution in [-0.2, 0) is 9.84 Å². The largest absolute Gasteiger partial charge is 0.382 e. The maximum absolute atomic E-state index is 13.3. The zero-order valence-corrected chi connectivity index (χ0v) is 9.81. The molecule has 1 aromatic rings. The van der Waals surface area contributed by atoms with Crippen molar-refractivity contribution in [3.63, 3.8) is 0 Å². The van der Waals surface area contributed by atoms with Crippen LogP contribution in [0.3, 0.4) is 0 Å². The first kappa shape index (κ1) is 13.4. The molecule has 0 saturated carbocycles. The van der Waals surface area contributed by atoms with E-state index in [-0.39, 0.29) is 18.0 Å². The van der Waals surface area contributed by atoms with Gasteiger partial charge in [0.05, 0.1) is 17.0 Å². The number of anilines is 1. The first-order valence-corrected chi connectivity index (χ1v) is 6.71. The topological polar surface area (TPSA) is 70.0 Å².